The van der Waals surface area contributed by atoms with Gasteiger partial charge >= 0.3 is 6.03 Å². The van der Waals surface area contributed by atoms with Gasteiger partial charge in [0.2, 0.25) is 0 Å². The number of anilines is 2. The Morgan fingerprint density at radius 3 is 2.42 bits per heavy atom. The number of hydrogen-bond donors (Lipinski definition) is 1. The Morgan fingerprint density at radius 1 is 1.12 bits per heavy atom. The van der Waals surface area contributed by atoms with Crippen LogP contribution in [-0.4, -0.2) is 52.1 Å². The third kappa shape index (κ3) is 3.57. The first-order chi connectivity index (χ1) is 11.7. The smallest absolute Gasteiger partial charge is 0.322 e. The molecule has 2 aromatic rings. The Morgan fingerprint density at radius 2 is 1.83 bits per heavy atom. The van der Waals surface area contributed by atoms with Crippen molar-refractivity contribution in [2.45, 2.75) is 6.92 Å². The lowest BCUT2D eigenvalue weighted by Gasteiger charge is -2.35. The Hall–Kier alpha value is -3.21. The van der Waals surface area contributed by atoms with E-state index in [-0.39, 0.29) is 6.03 Å². The van der Waals surface area contributed by atoms with Crippen molar-refractivity contribution in [3.8, 4) is 6.07 Å². The number of hydrogen-bond acceptors (Lipinski definition) is 6. The summed E-state index contributed by atoms with van der Waals surface area (Å²) in [5.74, 6) is 1.48. The lowest BCUT2D eigenvalue weighted by atomic mass is 10.2. The van der Waals surface area contributed by atoms with E-state index in [0.29, 0.717) is 43.3 Å². The zero-order chi connectivity index (χ0) is 16.9. The number of pyridine rings is 1. The van der Waals surface area contributed by atoms with Crippen molar-refractivity contribution < 1.29 is 4.79 Å². The number of rotatable bonds is 2. The Kier molecular flexibility index (Phi) is 4.52. The molecule has 1 saturated heterocycles. The van der Waals surface area contributed by atoms with Gasteiger partial charge in [-0.05, 0) is 19.1 Å². The Balaban J connectivity index is 1.55. The fraction of sp³-hybridized carbons (Fsp3) is 0.312. The van der Waals surface area contributed by atoms with Crippen LogP contribution in [0.1, 0.15) is 11.4 Å². The van der Waals surface area contributed by atoms with E-state index in [1.165, 1.54) is 0 Å². The molecule has 2 aromatic heterocycles. The second-order valence-electron chi connectivity index (χ2n) is 5.44. The first-order valence-corrected chi connectivity index (χ1v) is 7.61. The van der Waals surface area contributed by atoms with Crippen LogP contribution in [0.25, 0.3) is 0 Å². The van der Waals surface area contributed by atoms with Crippen LogP contribution in [-0.2, 0) is 0 Å². The predicted molar refractivity (Wildman–Crippen MR) is 88.5 cm³/mol. The molecule has 0 saturated carbocycles. The summed E-state index contributed by atoms with van der Waals surface area (Å²) in [6.45, 7) is 4.37. The summed E-state index contributed by atoms with van der Waals surface area (Å²) in [5.41, 5.74) is 1.12. The number of aromatic nitrogens is 3. The van der Waals surface area contributed by atoms with E-state index in [0.717, 1.165) is 5.82 Å². The summed E-state index contributed by atoms with van der Waals surface area (Å²) < 4.78 is 0. The highest BCUT2D eigenvalue weighted by Crippen LogP contribution is 2.14. The highest BCUT2D eigenvalue weighted by molar-refractivity contribution is 5.89. The van der Waals surface area contributed by atoms with Crippen LogP contribution in [0.5, 0.6) is 0 Å². The molecule has 1 aliphatic heterocycles. The van der Waals surface area contributed by atoms with Crippen molar-refractivity contribution in [1.29, 1.82) is 5.26 Å². The van der Waals surface area contributed by atoms with Crippen molar-refractivity contribution in [2.75, 3.05) is 36.4 Å². The van der Waals surface area contributed by atoms with Crippen molar-refractivity contribution in [2.24, 2.45) is 0 Å². The number of carbonyl (C=O) groups excluding carboxylic acids is 1. The van der Waals surface area contributed by atoms with Gasteiger partial charge < -0.3 is 15.1 Å². The average molecular weight is 323 g/mol. The average Bonchev–Trinajstić information content (AvgIpc) is 2.64. The number of nitriles is 1. The molecule has 0 aromatic carbocycles. The molecular weight excluding hydrogens is 306 g/mol. The van der Waals surface area contributed by atoms with Gasteiger partial charge in [0.15, 0.2) is 0 Å². The molecule has 0 radical (unpaired) electrons. The van der Waals surface area contributed by atoms with Gasteiger partial charge in [0.1, 0.15) is 17.7 Å². The molecule has 8 nitrogen and oxygen atoms in total. The quantitative estimate of drug-likeness (QED) is 0.897. The lowest BCUT2D eigenvalue weighted by molar-refractivity contribution is 0.208. The molecule has 2 amide bonds. The van der Waals surface area contributed by atoms with Gasteiger partial charge in [0.05, 0.1) is 23.6 Å². The largest absolute Gasteiger partial charge is 0.353 e. The molecule has 1 N–H and O–H groups in total. The maximum atomic E-state index is 12.3. The molecule has 0 unspecified atom stereocenters. The first kappa shape index (κ1) is 15.7. The van der Waals surface area contributed by atoms with E-state index in [1.54, 1.807) is 36.5 Å². The maximum Gasteiger partial charge on any atom is 0.322 e. The standard InChI is InChI=1S/C16H17N7O/c1-12-18-10-14(11-19-12)21-16(24)23-6-4-22(5-7-23)15-3-2-13(8-17)9-20-15/h2-3,9-11H,4-7H2,1H3,(H,21,24). The number of nitrogens with zero attached hydrogens (tertiary/aromatic N) is 6. The van der Waals surface area contributed by atoms with Gasteiger partial charge in [-0.15, -0.1) is 0 Å². The minimum Gasteiger partial charge on any atom is -0.353 e. The second-order valence-corrected chi connectivity index (χ2v) is 5.44. The summed E-state index contributed by atoms with van der Waals surface area (Å²) in [7, 11) is 0. The summed E-state index contributed by atoms with van der Waals surface area (Å²) in [6, 6.07) is 5.48. The number of urea groups is 1. The maximum absolute atomic E-state index is 12.3. The molecule has 3 rings (SSSR count). The summed E-state index contributed by atoms with van der Waals surface area (Å²) in [6.07, 6.45) is 4.75. The highest BCUT2D eigenvalue weighted by atomic mass is 16.2. The van der Waals surface area contributed by atoms with Gasteiger partial charge in [-0.3, -0.25) is 0 Å². The van der Waals surface area contributed by atoms with Crippen LogP contribution < -0.4 is 10.2 Å². The Labute approximate surface area is 139 Å². The third-order valence-corrected chi connectivity index (χ3v) is 3.80. The minimum atomic E-state index is -0.158. The van der Waals surface area contributed by atoms with Crippen LogP contribution in [0.2, 0.25) is 0 Å². The third-order valence-electron chi connectivity index (χ3n) is 3.80. The van der Waals surface area contributed by atoms with Crippen LogP contribution in [0, 0.1) is 18.3 Å². The number of aryl methyl sites for hydroxylation is 1. The van der Waals surface area contributed by atoms with Crippen LogP contribution >= 0.6 is 0 Å². The van der Waals surface area contributed by atoms with E-state index in [1.807, 2.05) is 6.07 Å². The fourth-order valence-corrected chi connectivity index (χ4v) is 2.44. The minimum absolute atomic E-state index is 0.158. The first-order valence-electron chi connectivity index (χ1n) is 7.61. The topological polar surface area (TPSA) is 98.0 Å². The van der Waals surface area contributed by atoms with Gasteiger partial charge in [0, 0.05) is 32.4 Å². The van der Waals surface area contributed by atoms with E-state index in [2.05, 4.69) is 31.2 Å². The van der Waals surface area contributed by atoms with Crippen molar-refractivity contribution in [3.63, 3.8) is 0 Å². The van der Waals surface area contributed by atoms with Crippen molar-refractivity contribution in [3.05, 3.63) is 42.1 Å². The van der Waals surface area contributed by atoms with E-state index < -0.39 is 0 Å². The van der Waals surface area contributed by atoms with Crippen LogP contribution in [0.15, 0.2) is 30.7 Å². The molecule has 122 valence electrons. The Bertz CT molecular complexity index is 743. The van der Waals surface area contributed by atoms with E-state index >= 15 is 0 Å². The van der Waals surface area contributed by atoms with E-state index in [4.69, 9.17) is 5.26 Å². The SMILES string of the molecule is Cc1ncc(NC(=O)N2CCN(c3ccc(C#N)cn3)CC2)cn1. The van der Waals surface area contributed by atoms with Gasteiger partial charge in [-0.25, -0.2) is 19.7 Å². The molecule has 1 aliphatic rings. The molecule has 24 heavy (non-hydrogen) atoms. The fourth-order valence-electron chi connectivity index (χ4n) is 2.44. The van der Waals surface area contributed by atoms with E-state index in [9.17, 15) is 4.79 Å². The number of carbonyl (C=O) groups is 1. The summed E-state index contributed by atoms with van der Waals surface area (Å²) in [5, 5.41) is 11.6. The summed E-state index contributed by atoms with van der Waals surface area (Å²) >= 11 is 0. The second kappa shape index (κ2) is 6.91. The molecule has 0 bridgehead atoms. The van der Waals surface area contributed by atoms with Crippen molar-refractivity contribution in [1.82, 2.24) is 19.9 Å². The van der Waals surface area contributed by atoms with Gasteiger partial charge in [-0.1, -0.05) is 0 Å². The van der Waals surface area contributed by atoms with Crippen LogP contribution in [0.3, 0.4) is 0 Å². The number of nitrogens with one attached hydrogen (secondary N) is 1. The molecule has 0 aliphatic carbocycles. The zero-order valence-electron chi connectivity index (χ0n) is 13.3. The van der Waals surface area contributed by atoms with Gasteiger partial charge in [-0.2, -0.15) is 5.26 Å². The normalized spacial score (nSPS) is 14.2. The zero-order valence-corrected chi connectivity index (χ0v) is 13.3. The molecule has 0 atom stereocenters. The number of piperazine rings is 1. The molecule has 3 heterocycles. The molecule has 8 heteroatoms. The lowest BCUT2D eigenvalue weighted by Crippen LogP contribution is -2.50. The van der Waals surface area contributed by atoms with Gasteiger partial charge in [0.25, 0.3) is 0 Å². The van der Waals surface area contributed by atoms with Crippen LogP contribution in [0.4, 0.5) is 16.3 Å². The molecule has 0 spiro atoms. The molecular formula is C16H17N7O. The van der Waals surface area contributed by atoms with Crippen molar-refractivity contribution >= 4 is 17.5 Å². The number of amides is 2. The predicted octanol–water partition coefficient (Wildman–Crippen LogP) is 1.41. The molecule has 1 fully saturated rings. The highest BCUT2D eigenvalue weighted by Gasteiger charge is 2.22. The summed E-state index contributed by atoms with van der Waals surface area (Å²) in [4.78, 5) is 28.5. The monoisotopic (exact) mass is 323 g/mol.